The van der Waals surface area contributed by atoms with Crippen molar-refractivity contribution in [1.29, 1.82) is 0 Å². The van der Waals surface area contributed by atoms with Gasteiger partial charge in [-0.1, -0.05) is 66.5 Å². The zero-order chi connectivity index (χ0) is 53.3. The van der Waals surface area contributed by atoms with Crippen molar-refractivity contribution in [3.63, 3.8) is 0 Å². The van der Waals surface area contributed by atoms with Crippen LogP contribution in [0.3, 0.4) is 0 Å². The van der Waals surface area contributed by atoms with Crippen molar-refractivity contribution in [2.75, 3.05) is 13.1 Å². The fourth-order valence-electron chi connectivity index (χ4n) is 9.51. The summed E-state index contributed by atoms with van der Waals surface area (Å²) in [6, 6.07) is -3.45. The van der Waals surface area contributed by atoms with Gasteiger partial charge in [-0.3, -0.25) is 47.9 Å². The van der Waals surface area contributed by atoms with Crippen LogP contribution in [0.25, 0.3) is 16.7 Å². The molecular weight excluding hydrogens is 945 g/mol. The van der Waals surface area contributed by atoms with Crippen LogP contribution in [0.4, 0.5) is 0 Å². The van der Waals surface area contributed by atoms with Crippen molar-refractivity contribution in [3.8, 4) is 5.82 Å². The molecule has 4 aliphatic rings. The normalized spacial score (nSPS) is 25.3. The van der Waals surface area contributed by atoms with Crippen LogP contribution in [-0.4, -0.2) is 134 Å². The molecule has 0 aliphatic carbocycles. The van der Waals surface area contributed by atoms with Crippen molar-refractivity contribution in [2.24, 2.45) is 34.2 Å². The van der Waals surface area contributed by atoms with Gasteiger partial charge in [0.1, 0.15) is 54.4 Å². The Morgan fingerprint density at radius 2 is 1.58 bits per heavy atom. The molecule has 2 aromatic heterocycles. The van der Waals surface area contributed by atoms with Gasteiger partial charge in [-0.2, -0.15) is 0 Å². The Morgan fingerprint density at radius 3 is 2.23 bits per heavy atom. The second-order valence-corrected chi connectivity index (χ2v) is 19.8. The number of carbonyl (C=O) groups is 9. The lowest BCUT2D eigenvalue weighted by atomic mass is 9.81. The van der Waals surface area contributed by atoms with E-state index in [2.05, 4.69) is 57.5 Å². The molecule has 4 aliphatic heterocycles. The zero-order valence-corrected chi connectivity index (χ0v) is 42.1. The lowest BCUT2D eigenvalue weighted by Gasteiger charge is -2.33. The fraction of sp³-hybridized carbons (Fsp3) is 0.571. The predicted molar refractivity (Wildman–Crippen MR) is 267 cm³/mol. The second-order valence-electron chi connectivity index (χ2n) is 19.8. The van der Waals surface area contributed by atoms with Gasteiger partial charge in [0.15, 0.2) is 5.96 Å². The summed E-state index contributed by atoms with van der Waals surface area (Å²) < 4.78 is 1.59. The number of nitrogens with two attached hydrogens (primary N) is 2. The Morgan fingerprint density at radius 1 is 0.849 bits per heavy atom. The maximum atomic E-state index is 15.0. The maximum Gasteiger partial charge on any atom is 0.326 e. The second kappa shape index (κ2) is 24.3. The molecule has 0 saturated carbocycles. The summed E-state index contributed by atoms with van der Waals surface area (Å²) in [4.78, 5) is 137. The number of amides is 8. The van der Waals surface area contributed by atoms with Crippen molar-refractivity contribution in [1.82, 2.24) is 57.1 Å². The smallest absolute Gasteiger partial charge is 0.326 e. The summed E-state index contributed by atoms with van der Waals surface area (Å²) >= 11 is 0. The van der Waals surface area contributed by atoms with E-state index in [9.17, 15) is 48.3 Å². The predicted octanol–water partition coefficient (Wildman–Crippen LogP) is -0.871. The van der Waals surface area contributed by atoms with E-state index in [4.69, 9.17) is 11.5 Å². The van der Waals surface area contributed by atoms with Crippen LogP contribution in [0.5, 0.6) is 0 Å². The van der Waals surface area contributed by atoms with Gasteiger partial charge in [-0.25, -0.2) is 9.78 Å². The number of hydrogen-bond donors (Lipinski definition) is 12. The Kier molecular flexibility index (Phi) is 18.2. The van der Waals surface area contributed by atoms with Crippen LogP contribution in [0.1, 0.15) is 109 Å². The van der Waals surface area contributed by atoms with E-state index < -0.39 is 108 Å². The first kappa shape index (κ1) is 54.8. The number of H-pyrrole nitrogens is 1. The Bertz CT molecular complexity index is 2600. The van der Waals surface area contributed by atoms with Gasteiger partial charge < -0.3 is 64.1 Å². The molecule has 3 aromatic rings. The highest BCUT2D eigenvalue weighted by Crippen LogP contribution is 2.35. The minimum absolute atomic E-state index is 0.0321. The highest BCUT2D eigenvalue weighted by Gasteiger charge is 2.40. The summed E-state index contributed by atoms with van der Waals surface area (Å²) in [5.41, 5.74) is 12.9. The molecule has 396 valence electrons. The minimum atomic E-state index is -1.46. The van der Waals surface area contributed by atoms with Gasteiger partial charge in [0, 0.05) is 54.4 Å². The zero-order valence-electron chi connectivity index (χ0n) is 42.1. The van der Waals surface area contributed by atoms with Crippen LogP contribution < -0.4 is 54.0 Å². The first-order valence-electron chi connectivity index (χ1n) is 25.0. The third-order valence-electron chi connectivity index (χ3n) is 14.0. The molecule has 14 N–H and O–H groups in total. The average molecular weight is 1020 g/mol. The molecular formula is C49H70N14O10. The largest absolute Gasteiger partial charge is 0.480 e. The molecule has 8 amide bonds. The van der Waals surface area contributed by atoms with Gasteiger partial charge >= 0.3 is 5.97 Å². The maximum absolute atomic E-state index is 15.0. The Hall–Kier alpha value is -7.53. The quantitative estimate of drug-likeness (QED) is 0.0430. The molecule has 1 saturated heterocycles. The minimum Gasteiger partial charge on any atom is -0.480 e. The van der Waals surface area contributed by atoms with E-state index in [0.717, 1.165) is 0 Å². The van der Waals surface area contributed by atoms with Crippen LogP contribution in [0.2, 0.25) is 0 Å². The molecule has 1 fully saturated rings. The number of aromatic nitrogens is 3. The highest BCUT2D eigenvalue weighted by molar-refractivity contribution is 5.99. The van der Waals surface area contributed by atoms with Crippen molar-refractivity contribution < 1.29 is 48.3 Å². The van der Waals surface area contributed by atoms with Crippen molar-refractivity contribution in [3.05, 3.63) is 47.5 Å². The van der Waals surface area contributed by atoms with Crippen LogP contribution >= 0.6 is 0 Å². The molecule has 6 heterocycles. The van der Waals surface area contributed by atoms with Gasteiger partial charge in [0.05, 0.1) is 12.2 Å². The summed E-state index contributed by atoms with van der Waals surface area (Å²) in [7, 11) is 0. The van der Waals surface area contributed by atoms with Gasteiger partial charge in [-0.05, 0) is 55.1 Å². The molecule has 24 nitrogen and oxygen atoms in total. The number of nitrogens with zero attached hydrogens (tertiary/aromatic N) is 3. The monoisotopic (exact) mass is 1010 g/mol. The number of carbonyl (C=O) groups excluding carboxylic acids is 8. The van der Waals surface area contributed by atoms with Gasteiger partial charge in [-0.15, -0.1) is 0 Å². The third-order valence-corrected chi connectivity index (χ3v) is 14.0. The molecule has 73 heavy (non-hydrogen) atoms. The number of fused-ring (bicyclic) bond motifs is 13. The van der Waals surface area contributed by atoms with Gasteiger partial charge in [0.25, 0.3) is 0 Å². The van der Waals surface area contributed by atoms with Crippen molar-refractivity contribution in [2.45, 2.75) is 148 Å². The number of benzene rings is 1. The number of aliphatic carboxylic acids is 1. The first-order chi connectivity index (χ1) is 34.7. The number of aliphatic imine (C=N–C) groups is 1. The van der Waals surface area contributed by atoms with E-state index >= 15 is 0 Å². The molecule has 0 radical (unpaired) electrons. The lowest BCUT2D eigenvalue weighted by molar-refractivity contribution is -0.141. The number of imidazole rings is 1. The Labute approximate surface area is 422 Å². The third kappa shape index (κ3) is 13.7. The first-order valence-corrected chi connectivity index (χ1v) is 25.0. The number of aromatic amines is 1. The number of rotatable bonds is 13. The molecule has 0 spiro atoms. The molecule has 7 rings (SSSR count). The van der Waals surface area contributed by atoms with E-state index in [0.29, 0.717) is 40.7 Å². The average Bonchev–Trinajstić information content (AvgIpc) is 4.09. The summed E-state index contributed by atoms with van der Waals surface area (Å²) in [5.74, 6) is -8.26. The van der Waals surface area contributed by atoms with E-state index in [1.54, 1.807) is 29.8 Å². The number of nitrogens with one attached hydrogen (secondary N) is 9. The standard InChI is InChI=1S/C49H70N14O10/c1-7-24(5)16-33-45(69)61-39(25(6)8-2)46(70)60-34-19-29-28-12-11-26(38(23(3)4)40(47(71)59-33)62-43(67)31-13-14-36(64)55-31)17-32(28)57-41(29)63-21-27(54-22-63)18-35(48(72)73)56-37(65)20-53-42(66)30(58-44(34)68)10-9-15-52-49(50)51/h11-12,17,21-25,30-31,33-35,38-40,57H,7-10,13-16,18-20H2,1-6H3,(H,53,66)(H,55,64)(H,56,65)(H,58,68)(H,59,71)(H,60,70)(H,61,69)(H,62,67)(H,72,73)(H4,50,51,52)/t24?,25?,30-,31-,33-,34-,35?,38+,39-,40-/m0/s1. The Balaban J connectivity index is 1.58. The van der Waals surface area contributed by atoms with Crippen LogP contribution in [0, 0.1) is 17.8 Å². The van der Waals surface area contributed by atoms with E-state index in [-0.39, 0.29) is 80.9 Å². The molecule has 1 aromatic carbocycles. The van der Waals surface area contributed by atoms with Crippen molar-refractivity contribution >= 4 is 70.1 Å². The highest BCUT2D eigenvalue weighted by atomic mass is 16.4. The topological polar surface area (TPSA) is 368 Å². The number of hydrogen-bond acceptors (Lipinski definition) is 11. The number of carboxylic acids is 1. The van der Waals surface area contributed by atoms with Crippen LogP contribution in [-0.2, 0) is 56.0 Å². The molecule has 3 unspecified atom stereocenters. The SMILES string of the molecule is CCC(C)C[C@@H]1NC(=O)[C@@H](NC(=O)[C@@H]2CCC(=O)N2)[C@H](C(C)C)c2ccc3c4c([nH]c3c2)-n2cnc(c2)CC(C(=O)O)NC(=O)CNC(=O)[C@H](CCCN=C(N)N)NC(=O)[C@H](C4)NC(=O)[C@H](C(C)CC)NC1=O. The van der Waals surface area contributed by atoms with Crippen LogP contribution in [0.15, 0.2) is 35.7 Å². The van der Waals surface area contributed by atoms with E-state index in [1.807, 2.05) is 40.7 Å². The summed E-state index contributed by atoms with van der Waals surface area (Å²) in [6.07, 6.45) is 4.22. The molecule has 7 bridgehead atoms. The lowest BCUT2D eigenvalue weighted by Crippen LogP contribution is -2.61. The summed E-state index contributed by atoms with van der Waals surface area (Å²) in [5, 5.41) is 32.7. The van der Waals surface area contributed by atoms with Gasteiger partial charge in [0.2, 0.25) is 47.3 Å². The number of carboxylic acid groups (broad SMARTS) is 1. The van der Waals surface area contributed by atoms with E-state index in [1.165, 1.54) is 6.33 Å². The molecule has 10 atom stereocenters. The molecule has 24 heteroatoms. The number of guanidine groups is 1. The summed E-state index contributed by atoms with van der Waals surface area (Å²) in [6.45, 7) is 10.7. The fourth-order valence-corrected chi connectivity index (χ4v) is 9.51.